The molecule has 1 aromatic heterocycles. The average molecular weight is 438 g/mol. The molecule has 32 heavy (non-hydrogen) atoms. The van der Waals surface area contributed by atoms with Crippen molar-refractivity contribution < 1.29 is 14.0 Å². The van der Waals surface area contributed by atoms with Gasteiger partial charge in [0.15, 0.2) is 0 Å². The number of benzene rings is 1. The average Bonchev–Trinajstić information content (AvgIpc) is 2.81. The summed E-state index contributed by atoms with van der Waals surface area (Å²) in [5, 5.41) is 3.11. The van der Waals surface area contributed by atoms with Gasteiger partial charge in [-0.1, -0.05) is 19.3 Å². The summed E-state index contributed by atoms with van der Waals surface area (Å²) in [6.45, 7) is 1.57. The van der Waals surface area contributed by atoms with Crippen LogP contribution in [0.5, 0.6) is 0 Å². The number of amides is 2. The maximum Gasteiger partial charge on any atom is 0.253 e. The summed E-state index contributed by atoms with van der Waals surface area (Å²) in [7, 11) is 0. The van der Waals surface area contributed by atoms with Crippen molar-refractivity contribution in [3.63, 3.8) is 0 Å². The Morgan fingerprint density at radius 1 is 0.938 bits per heavy atom. The molecule has 3 aliphatic rings. The number of carbonyl (C=O) groups excluding carboxylic acids is 2. The highest BCUT2D eigenvalue weighted by Gasteiger charge is 2.38. The predicted molar refractivity (Wildman–Crippen MR) is 119 cm³/mol. The first-order chi connectivity index (χ1) is 15.5. The van der Waals surface area contributed by atoms with Gasteiger partial charge in [0.2, 0.25) is 5.91 Å². The van der Waals surface area contributed by atoms with Crippen LogP contribution in [0, 0.1) is 17.7 Å². The second-order valence-electron chi connectivity index (χ2n) is 9.42. The van der Waals surface area contributed by atoms with Crippen molar-refractivity contribution in [1.82, 2.24) is 9.47 Å². The summed E-state index contributed by atoms with van der Waals surface area (Å²) in [6, 6.07) is 8.86. The van der Waals surface area contributed by atoms with Crippen LogP contribution in [0.1, 0.15) is 60.5 Å². The number of hydrogen-bond acceptors (Lipinski definition) is 3. The van der Waals surface area contributed by atoms with Crippen molar-refractivity contribution in [3.05, 3.63) is 63.8 Å². The Bertz CT molecular complexity index is 1090. The zero-order valence-corrected chi connectivity index (χ0v) is 18.1. The lowest BCUT2D eigenvalue weighted by Crippen LogP contribution is -2.49. The molecule has 1 saturated heterocycles. The number of likely N-dealkylation sites (tertiary alicyclic amines) is 1. The fourth-order valence-corrected chi connectivity index (χ4v) is 5.66. The molecule has 1 aliphatic carbocycles. The number of piperidine rings is 1. The largest absolute Gasteiger partial charge is 0.338 e. The van der Waals surface area contributed by atoms with Gasteiger partial charge in [-0.3, -0.25) is 14.4 Å². The van der Waals surface area contributed by atoms with Gasteiger partial charge in [-0.05, 0) is 55.5 Å². The molecule has 2 atom stereocenters. The summed E-state index contributed by atoms with van der Waals surface area (Å²) >= 11 is 0. The highest BCUT2D eigenvalue weighted by molar-refractivity contribution is 5.95. The smallest absolute Gasteiger partial charge is 0.253 e. The van der Waals surface area contributed by atoms with E-state index in [1.165, 1.54) is 36.8 Å². The van der Waals surface area contributed by atoms with Gasteiger partial charge in [-0.15, -0.1) is 0 Å². The number of halogens is 1. The number of pyridine rings is 1. The number of nitrogens with zero attached hydrogens (tertiary/aromatic N) is 2. The molecule has 7 heteroatoms. The number of rotatable bonds is 3. The summed E-state index contributed by atoms with van der Waals surface area (Å²) in [5.41, 5.74) is 1.92. The van der Waals surface area contributed by atoms with Crippen molar-refractivity contribution in [2.45, 2.75) is 51.0 Å². The molecular weight excluding hydrogens is 409 g/mol. The number of fused-ring (bicyclic) bond motifs is 4. The minimum atomic E-state index is -0.372. The first kappa shape index (κ1) is 20.9. The van der Waals surface area contributed by atoms with Crippen LogP contribution in [0.2, 0.25) is 0 Å². The van der Waals surface area contributed by atoms with Crippen LogP contribution in [0.15, 0.2) is 41.2 Å². The third kappa shape index (κ3) is 3.96. The van der Waals surface area contributed by atoms with Crippen LogP contribution in [0.3, 0.4) is 0 Å². The minimum absolute atomic E-state index is 0.0237. The lowest BCUT2D eigenvalue weighted by Gasteiger charge is -2.43. The van der Waals surface area contributed by atoms with E-state index in [2.05, 4.69) is 5.32 Å². The molecule has 0 radical (unpaired) electrons. The Labute approximate surface area is 186 Å². The van der Waals surface area contributed by atoms with E-state index in [-0.39, 0.29) is 40.9 Å². The van der Waals surface area contributed by atoms with Crippen molar-refractivity contribution in [2.24, 2.45) is 11.8 Å². The molecule has 1 saturated carbocycles. The molecule has 6 nitrogen and oxygen atoms in total. The molecule has 2 amide bonds. The number of hydrogen-bond donors (Lipinski definition) is 1. The van der Waals surface area contributed by atoms with Crippen LogP contribution in [0.4, 0.5) is 10.1 Å². The molecule has 2 bridgehead atoms. The van der Waals surface area contributed by atoms with E-state index in [0.717, 1.165) is 37.8 Å². The van der Waals surface area contributed by atoms with Gasteiger partial charge in [0.05, 0.1) is 5.69 Å². The van der Waals surface area contributed by atoms with Gasteiger partial charge in [-0.2, -0.15) is 0 Å². The van der Waals surface area contributed by atoms with Crippen molar-refractivity contribution >= 4 is 17.5 Å². The molecule has 1 N–H and O–H groups in total. The highest BCUT2D eigenvalue weighted by Crippen LogP contribution is 2.39. The molecular formula is C25H28FN3O3. The second-order valence-corrected chi connectivity index (χ2v) is 9.42. The topological polar surface area (TPSA) is 71.4 Å². The summed E-state index contributed by atoms with van der Waals surface area (Å²) in [4.78, 5) is 40.4. The van der Waals surface area contributed by atoms with Crippen LogP contribution in [-0.4, -0.2) is 34.4 Å². The fraction of sp³-hybridized carbons (Fsp3) is 0.480. The maximum atomic E-state index is 13.3. The first-order valence-corrected chi connectivity index (χ1v) is 11.6. The monoisotopic (exact) mass is 437 g/mol. The molecule has 2 fully saturated rings. The van der Waals surface area contributed by atoms with Crippen molar-refractivity contribution in [3.8, 4) is 0 Å². The molecule has 0 unspecified atom stereocenters. The Morgan fingerprint density at radius 2 is 1.69 bits per heavy atom. The molecule has 2 aliphatic heterocycles. The lowest BCUT2D eigenvalue weighted by molar-refractivity contribution is -0.120. The third-order valence-corrected chi connectivity index (χ3v) is 7.20. The zero-order valence-electron chi connectivity index (χ0n) is 18.1. The molecule has 0 spiro atoms. The van der Waals surface area contributed by atoms with Gasteiger partial charge in [-0.25, -0.2) is 4.39 Å². The van der Waals surface area contributed by atoms with E-state index in [9.17, 15) is 18.8 Å². The molecule has 2 aromatic rings. The quantitative estimate of drug-likeness (QED) is 0.795. The molecule has 3 heterocycles. The van der Waals surface area contributed by atoms with Crippen LogP contribution < -0.4 is 10.9 Å². The van der Waals surface area contributed by atoms with Gasteiger partial charge in [0, 0.05) is 48.8 Å². The normalized spacial score (nSPS) is 22.8. The second kappa shape index (κ2) is 8.52. The predicted octanol–water partition coefficient (Wildman–Crippen LogP) is 3.77. The van der Waals surface area contributed by atoms with Gasteiger partial charge in [0.1, 0.15) is 5.82 Å². The number of anilines is 1. The summed E-state index contributed by atoms with van der Waals surface area (Å²) in [5.74, 6) is -0.295. The first-order valence-electron chi connectivity index (χ1n) is 11.6. The molecule has 1 aromatic carbocycles. The van der Waals surface area contributed by atoms with Crippen LogP contribution in [-0.2, 0) is 11.3 Å². The minimum Gasteiger partial charge on any atom is -0.338 e. The Morgan fingerprint density at radius 3 is 2.44 bits per heavy atom. The number of carbonyl (C=O) groups is 2. The SMILES string of the molecule is O=C(Nc1ccc(=O)n2c1[C@@H]1C[C@@H](CN(C(=O)c3ccc(F)cc3)C1)C2)C1CCCCC1. The van der Waals surface area contributed by atoms with E-state index in [4.69, 9.17) is 0 Å². The van der Waals surface area contributed by atoms with E-state index < -0.39 is 0 Å². The van der Waals surface area contributed by atoms with Gasteiger partial charge < -0.3 is 14.8 Å². The Kier molecular flexibility index (Phi) is 5.57. The number of nitrogens with one attached hydrogen (secondary N) is 1. The van der Waals surface area contributed by atoms with E-state index in [1.54, 1.807) is 15.5 Å². The van der Waals surface area contributed by atoms with E-state index >= 15 is 0 Å². The Hall–Kier alpha value is -2.96. The number of aromatic nitrogens is 1. The summed E-state index contributed by atoms with van der Waals surface area (Å²) < 4.78 is 15.1. The highest BCUT2D eigenvalue weighted by atomic mass is 19.1. The maximum absolute atomic E-state index is 13.3. The van der Waals surface area contributed by atoms with Crippen LogP contribution in [0.25, 0.3) is 0 Å². The Balaban J connectivity index is 1.41. The lowest BCUT2D eigenvalue weighted by atomic mass is 9.82. The third-order valence-electron chi connectivity index (χ3n) is 7.20. The molecule has 5 rings (SSSR count). The van der Waals surface area contributed by atoms with Gasteiger partial charge in [0.25, 0.3) is 11.5 Å². The summed E-state index contributed by atoms with van der Waals surface area (Å²) in [6.07, 6.45) is 6.03. The van der Waals surface area contributed by atoms with Crippen molar-refractivity contribution in [2.75, 3.05) is 18.4 Å². The fourth-order valence-electron chi connectivity index (χ4n) is 5.66. The van der Waals surface area contributed by atoms with E-state index in [1.807, 2.05) is 0 Å². The molecule has 168 valence electrons. The van der Waals surface area contributed by atoms with Crippen molar-refractivity contribution in [1.29, 1.82) is 0 Å². The van der Waals surface area contributed by atoms with Crippen LogP contribution >= 0.6 is 0 Å². The zero-order chi connectivity index (χ0) is 22.2. The van der Waals surface area contributed by atoms with Gasteiger partial charge >= 0.3 is 0 Å². The standard InChI is InChI=1S/C25H28FN3O3/c26-20-8-6-18(7-9-20)25(32)28-13-16-12-19(15-28)23-21(10-11-22(30)29(23)14-16)27-24(31)17-4-2-1-3-5-17/h6-11,16-17,19H,1-5,12-15H2,(H,27,31)/t16-,19+/m0/s1. The van der Waals surface area contributed by atoms with E-state index in [0.29, 0.717) is 30.9 Å².